The van der Waals surface area contributed by atoms with Crippen LogP contribution in [-0.2, 0) is 11.3 Å². The maximum absolute atomic E-state index is 12.4. The van der Waals surface area contributed by atoms with Gasteiger partial charge in [-0.05, 0) is 25.7 Å². The van der Waals surface area contributed by atoms with Gasteiger partial charge in [0.2, 0.25) is 5.91 Å². The summed E-state index contributed by atoms with van der Waals surface area (Å²) in [6.45, 7) is 6.37. The Bertz CT molecular complexity index is 523. The summed E-state index contributed by atoms with van der Waals surface area (Å²) in [5, 5.41) is 10.5. The SMILES string of the molecule is CCC(CC)C(=O)N1CCC(NC(=NC)NCc2ccon2)CC1.I. The van der Waals surface area contributed by atoms with Gasteiger partial charge >= 0.3 is 0 Å². The fraction of sp³-hybridized carbons (Fsp3) is 0.706. The number of rotatable bonds is 6. The molecule has 1 aromatic heterocycles. The van der Waals surface area contributed by atoms with E-state index < -0.39 is 0 Å². The predicted molar refractivity (Wildman–Crippen MR) is 109 cm³/mol. The first-order valence-corrected chi connectivity index (χ1v) is 8.83. The van der Waals surface area contributed by atoms with Crippen LogP contribution in [0.3, 0.4) is 0 Å². The summed E-state index contributed by atoms with van der Waals surface area (Å²) < 4.78 is 4.81. The summed E-state index contributed by atoms with van der Waals surface area (Å²) in [6.07, 6.45) is 5.28. The molecule has 1 amide bonds. The molecule has 2 heterocycles. The largest absolute Gasteiger partial charge is 0.364 e. The number of hydrogen-bond acceptors (Lipinski definition) is 4. The van der Waals surface area contributed by atoms with E-state index >= 15 is 0 Å². The first-order valence-electron chi connectivity index (χ1n) is 8.83. The van der Waals surface area contributed by atoms with Crippen molar-refractivity contribution < 1.29 is 9.32 Å². The number of aromatic nitrogens is 1. The van der Waals surface area contributed by atoms with Crippen LogP contribution in [0, 0.1) is 5.92 Å². The van der Waals surface area contributed by atoms with E-state index in [1.54, 1.807) is 13.3 Å². The van der Waals surface area contributed by atoms with Crippen molar-refractivity contribution in [2.75, 3.05) is 20.1 Å². The van der Waals surface area contributed by atoms with E-state index in [2.05, 4.69) is 34.6 Å². The van der Waals surface area contributed by atoms with Gasteiger partial charge in [-0.1, -0.05) is 19.0 Å². The number of aliphatic imine (C=N–C) groups is 1. The highest BCUT2D eigenvalue weighted by Gasteiger charge is 2.26. The first kappa shape index (κ1) is 21.7. The second-order valence-corrected chi connectivity index (χ2v) is 6.17. The van der Waals surface area contributed by atoms with E-state index in [-0.39, 0.29) is 29.9 Å². The number of piperidine rings is 1. The molecule has 2 rings (SSSR count). The Morgan fingerprint density at radius 3 is 2.60 bits per heavy atom. The van der Waals surface area contributed by atoms with Crippen LogP contribution in [0.15, 0.2) is 21.8 Å². The van der Waals surface area contributed by atoms with Gasteiger partial charge in [0, 0.05) is 38.2 Å². The molecular weight excluding hydrogens is 433 g/mol. The molecule has 0 bridgehead atoms. The summed E-state index contributed by atoms with van der Waals surface area (Å²) in [4.78, 5) is 18.7. The van der Waals surface area contributed by atoms with Gasteiger partial charge in [0.25, 0.3) is 0 Å². The lowest BCUT2D eigenvalue weighted by molar-refractivity contribution is -0.136. The lowest BCUT2D eigenvalue weighted by Gasteiger charge is -2.34. The molecule has 2 N–H and O–H groups in total. The van der Waals surface area contributed by atoms with E-state index in [9.17, 15) is 4.79 Å². The number of nitrogens with zero attached hydrogens (tertiary/aromatic N) is 3. The Hall–Kier alpha value is -1.32. The van der Waals surface area contributed by atoms with Crippen molar-refractivity contribution in [3.05, 3.63) is 18.0 Å². The molecule has 0 saturated carbocycles. The average Bonchev–Trinajstić information content (AvgIpc) is 3.13. The molecule has 1 aliphatic rings. The minimum absolute atomic E-state index is 0. The smallest absolute Gasteiger partial charge is 0.225 e. The van der Waals surface area contributed by atoms with Crippen molar-refractivity contribution in [1.82, 2.24) is 20.7 Å². The highest BCUT2D eigenvalue weighted by atomic mass is 127. The minimum Gasteiger partial charge on any atom is -0.364 e. The van der Waals surface area contributed by atoms with Gasteiger partial charge in [0.05, 0.1) is 6.54 Å². The molecule has 25 heavy (non-hydrogen) atoms. The standard InChI is InChI=1S/C17H29N5O2.HI/c1-4-13(5-2)16(23)22-9-6-14(7-10-22)20-17(18-3)19-12-15-8-11-24-21-15;/h8,11,13-14H,4-7,9-10,12H2,1-3H3,(H2,18,19,20);1H. The zero-order valence-corrected chi connectivity index (χ0v) is 17.7. The third kappa shape index (κ3) is 6.48. The highest BCUT2D eigenvalue weighted by molar-refractivity contribution is 14.0. The normalized spacial score (nSPS) is 15.8. The number of amides is 1. The molecule has 7 nitrogen and oxygen atoms in total. The van der Waals surface area contributed by atoms with E-state index in [0.29, 0.717) is 18.5 Å². The predicted octanol–water partition coefficient (Wildman–Crippen LogP) is 2.38. The lowest BCUT2D eigenvalue weighted by Crippen LogP contribution is -2.50. The number of carbonyl (C=O) groups is 1. The van der Waals surface area contributed by atoms with Crippen molar-refractivity contribution in [3.8, 4) is 0 Å². The van der Waals surface area contributed by atoms with Crippen LogP contribution in [0.5, 0.6) is 0 Å². The number of carbonyl (C=O) groups excluding carboxylic acids is 1. The quantitative estimate of drug-likeness (QED) is 0.385. The van der Waals surface area contributed by atoms with Gasteiger partial charge in [0.1, 0.15) is 12.0 Å². The topological polar surface area (TPSA) is 82.8 Å². The van der Waals surface area contributed by atoms with Gasteiger partial charge < -0.3 is 20.1 Å². The fourth-order valence-corrected chi connectivity index (χ4v) is 3.03. The fourth-order valence-electron chi connectivity index (χ4n) is 3.03. The zero-order chi connectivity index (χ0) is 17.4. The van der Waals surface area contributed by atoms with Crippen molar-refractivity contribution in [2.24, 2.45) is 10.9 Å². The second kappa shape index (κ2) is 11.3. The monoisotopic (exact) mass is 463 g/mol. The molecule has 0 radical (unpaired) electrons. The van der Waals surface area contributed by atoms with Crippen molar-refractivity contribution >= 4 is 35.8 Å². The van der Waals surface area contributed by atoms with Gasteiger partial charge in [0.15, 0.2) is 5.96 Å². The molecule has 1 saturated heterocycles. The van der Waals surface area contributed by atoms with Crippen LogP contribution < -0.4 is 10.6 Å². The molecule has 0 aliphatic carbocycles. The third-order valence-corrected chi connectivity index (χ3v) is 4.63. The molecule has 1 fully saturated rings. The van der Waals surface area contributed by atoms with E-state index in [1.165, 1.54) is 0 Å². The summed E-state index contributed by atoms with van der Waals surface area (Å²) in [5.41, 5.74) is 0.837. The Morgan fingerprint density at radius 2 is 2.08 bits per heavy atom. The third-order valence-electron chi connectivity index (χ3n) is 4.63. The van der Waals surface area contributed by atoms with E-state index in [0.717, 1.165) is 50.4 Å². The van der Waals surface area contributed by atoms with Crippen molar-refractivity contribution in [2.45, 2.75) is 52.1 Å². The molecule has 0 unspecified atom stereocenters. The van der Waals surface area contributed by atoms with Crippen LogP contribution in [0.25, 0.3) is 0 Å². The highest BCUT2D eigenvalue weighted by Crippen LogP contribution is 2.17. The van der Waals surface area contributed by atoms with E-state index in [1.807, 2.05) is 11.0 Å². The number of halogens is 1. The van der Waals surface area contributed by atoms with Crippen molar-refractivity contribution in [3.63, 3.8) is 0 Å². The van der Waals surface area contributed by atoms with Crippen LogP contribution in [0.2, 0.25) is 0 Å². The number of likely N-dealkylation sites (tertiary alicyclic amines) is 1. The van der Waals surface area contributed by atoms with Gasteiger partial charge in [-0.3, -0.25) is 9.79 Å². The number of nitrogens with one attached hydrogen (secondary N) is 2. The van der Waals surface area contributed by atoms with Crippen LogP contribution in [-0.4, -0.2) is 48.1 Å². The zero-order valence-electron chi connectivity index (χ0n) is 15.3. The molecule has 0 aromatic carbocycles. The maximum Gasteiger partial charge on any atom is 0.225 e. The average molecular weight is 463 g/mol. The lowest BCUT2D eigenvalue weighted by atomic mass is 9.98. The molecule has 1 aliphatic heterocycles. The summed E-state index contributed by atoms with van der Waals surface area (Å²) in [5.74, 6) is 1.24. The molecular formula is C17H30IN5O2. The van der Waals surface area contributed by atoms with E-state index in [4.69, 9.17) is 4.52 Å². The summed E-state index contributed by atoms with van der Waals surface area (Å²) >= 11 is 0. The summed E-state index contributed by atoms with van der Waals surface area (Å²) in [6, 6.07) is 2.15. The maximum atomic E-state index is 12.4. The Kier molecular flexibility index (Phi) is 9.84. The minimum atomic E-state index is 0. The molecule has 8 heteroatoms. The molecule has 1 aromatic rings. The van der Waals surface area contributed by atoms with Crippen LogP contribution >= 0.6 is 24.0 Å². The van der Waals surface area contributed by atoms with Gasteiger partial charge in [-0.2, -0.15) is 0 Å². The first-order chi connectivity index (χ1) is 11.7. The Balaban J connectivity index is 0.00000312. The molecule has 0 atom stereocenters. The Labute approximate surface area is 167 Å². The molecule has 142 valence electrons. The number of hydrogen-bond donors (Lipinski definition) is 2. The van der Waals surface area contributed by atoms with Crippen molar-refractivity contribution in [1.29, 1.82) is 0 Å². The number of guanidine groups is 1. The second-order valence-electron chi connectivity index (χ2n) is 6.17. The summed E-state index contributed by atoms with van der Waals surface area (Å²) in [7, 11) is 1.75. The van der Waals surface area contributed by atoms with Crippen LogP contribution in [0.4, 0.5) is 0 Å². The molecule has 0 spiro atoms. The van der Waals surface area contributed by atoms with Gasteiger partial charge in [-0.15, -0.1) is 24.0 Å². The van der Waals surface area contributed by atoms with Crippen LogP contribution in [0.1, 0.15) is 45.2 Å². The Morgan fingerprint density at radius 1 is 1.40 bits per heavy atom. The van der Waals surface area contributed by atoms with Gasteiger partial charge in [-0.25, -0.2) is 0 Å².